The summed E-state index contributed by atoms with van der Waals surface area (Å²) in [6.07, 6.45) is 0.250. The van der Waals surface area contributed by atoms with Gasteiger partial charge in [-0.05, 0) is 4.93 Å². The molecule has 0 radical (unpaired) electrons. The van der Waals surface area contributed by atoms with E-state index in [0.29, 0.717) is 0 Å². The molecule has 0 aliphatic rings. The highest BCUT2D eigenvalue weighted by atomic mass is 127. The molecular formula is C10H40F3IO3. The van der Waals surface area contributed by atoms with Crippen LogP contribution in [-0.4, -0.2) is 16.6 Å². The lowest BCUT2D eigenvalue weighted by atomic mass is 11.8. The van der Waals surface area contributed by atoms with Gasteiger partial charge in [0.05, 0.1) is 0 Å². The minimum Gasteiger partial charge on any atom is -0.412 e. The number of hydrogen-bond acceptors (Lipinski definition) is 2. The maximum atomic E-state index is 8.12. The van der Waals surface area contributed by atoms with Crippen molar-refractivity contribution in [2.75, 3.05) is 4.93 Å². The van der Waals surface area contributed by atoms with Crippen LogP contribution in [0.5, 0.6) is 0 Å². The number of rotatable bonds is 0. The number of alkyl halides is 1. The second kappa shape index (κ2) is 4740. The summed E-state index contributed by atoms with van der Waals surface area (Å²) in [5, 5.41) is 0. The van der Waals surface area contributed by atoms with Gasteiger partial charge in [0.2, 0.25) is 0 Å². The van der Waals surface area contributed by atoms with Gasteiger partial charge in [-0.25, -0.2) is 0 Å². The summed E-state index contributed by atoms with van der Waals surface area (Å²) in [5.74, 6) is 0. The molecule has 0 aliphatic carbocycles. The first-order valence-corrected chi connectivity index (χ1v) is 2.94. The molecule has 17 heavy (non-hydrogen) atoms. The summed E-state index contributed by atoms with van der Waals surface area (Å²) < 4.78 is 0. The third-order valence-electron chi connectivity index (χ3n) is 0. The molecule has 0 amide bonds. The van der Waals surface area contributed by atoms with Crippen molar-refractivity contribution in [1.29, 1.82) is 0 Å². The highest BCUT2D eigenvalue weighted by molar-refractivity contribution is 14.1. The molecule has 7 heteroatoms. The standard InChI is InChI=1S/CH3I.CO2.8CH4.3FH.H2O/c1-2;2-1-3;;;;;;;;;;;;/h1H3;;8*1H4;3*1H;1H2. The van der Waals surface area contributed by atoms with Crippen LogP contribution in [0.4, 0.5) is 14.1 Å². The van der Waals surface area contributed by atoms with E-state index in [-0.39, 0.29) is 85.2 Å². The van der Waals surface area contributed by atoms with E-state index in [9.17, 15) is 0 Å². The molecule has 0 aromatic heterocycles. The SMILES string of the molecule is C.C.C.C.C.C.C.C.CI.F.F.F.O.O=C=O. The summed E-state index contributed by atoms with van der Waals surface area (Å²) in [7, 11) is 0. The predicted molar refractivity (Wildman–Crippen MR) is 89.9 cm³/mol. The second-order valence-corrected chi connectivity index (χ2v) is 0.0833. The van der Waals surface area contributed by atoms with E-state index in [2.05, 4.69) is 22.6 Å². The average molecular weight is 392 g/mol. The molecule has 2 N–H and O–H groups in total. The minimum atomic E-state index is 0. The van der Waals surface area contributed by atoms with E-state index in [1.165, 1.54) is 0 Å². The third-order valence-corrected chi connectivity index (χ3v) is 0. The van der Waals surface area contributed by atoms with Crippen LogP contribution in [0, 0.1) is 0 Å². The van der Waals surface area contributed by atoms with Crippen LogP contribution >= 0.6 is 22.6 Å². The molecule has 0 spiro atoms. The minimum absolute atomic E-state index is 0. The second-order valence-electron chi connectivity index (χ2n) is 0.0833. The number of carbonyl (C=O) groups excluding carboxylic acids is 2. The Hall–Kier alpha value is -0.140. The van der Waals surface area contributed by atoms with Crippen molar-refractivity contribution in [2.24, 2.45) is 0 Å². The normalized spacial score (nSPS) is 0.824. The summed E-state index contributed by atoms with van der Waals surface area (Å²) in [6.45, 7) is 0. The number of hydrogen-bond donors (Lipinski definition) is 0. The lowest BCUT2D eigenvalue weighted by molar-refractivity contribution is -0.191. The third kappa shape index (κ3) is 155000. The van der Waals surface area contributed by atoms with Crippen LogP contribution in [0.2, 0.25) is 0 Å². The Morgan fingerprint density at radius 3 is 0.588 bits per heavy atom. The Bertz CT molecular complexity index is 47.8. The molecule has 0 aromatic carbocycles. The molecule has 0 aromatic rings. The van der Waals surface area contributed by atoms with E-state index < -0.39 is 0 Å². The summed E-state index contributed by atoms with van der Waals surface area (Å²) >= 11 is 2.15. The van der Waals surface area contributed by atoms with Crippen LogP contribution in [0.15, 0.2) is 0 Å². The van der Waals surface area contributed by atoms with Crippen molar-refractivity contribution in [3.8, 4) is 0 Å². The van der Waals surface area contributed by atoms with Gasteiger partial charge in [0.25, 0.3) is 0 Å². The summed E-state index contributed by atoms with van der Waals surface area (Å²) in [6, 6.07) is 0. The highest BCUT2D eigenvalue weighted by Crippen LogP contribution is 1.48. The summed E-state index contributed by atoms with van der Waals surface area (Å²) in [4.78, 5) is 18.2. The van der Waals surface area contributed by atoms with Gasteiger partial charge in [0.1, 0.15) is 0 Å². The molecular weight excluding hydrogens is 352 g/mol. The first kappa shape index (κ1) is 518. The quantitative estimate of drug-likeness (QED) is 0.421. The van der Waals surface area contributed by atoms with Crippen molar-refractivity contribution in [3.05, 3.63) is 0 Å². The van der Waals surface area contributed by atoms with E-state index in [1.54, 1.807) is 0 Å². The fourth-order valence-corrected chi connectivity index (χ4v) is 0. The molecule has 0 unspecified atom stereocenters. The van der Waals surface area contributed by atoms with Crippen LogP contribution in [0.25, 0.3) is 0 Å². The zero-order chi connectivity index (χ0) is 4.71. The molecule has 0 aliphatic heterocycles. The topological polar surface area (TPSA) is 65.6 Å². The monoisotopic (exact) mass is 392 g/mol. The van der Waals surface area contributed by atoms with Crippen LogP contribution in [0.3, 0.4) is 0 Å². The first-order valence-electron chi connectivity index (χ1n) is 0.786. The molecule has 0 saturated carbocycles. The van der Waals surface area contributed by atoms with Crippen molar-refractivity contribution in [3.63, 3.8) is 0 Å². The molecule has 0 atom stereocenters. The molecule has 0 fully saturated rings. The number of halogens is 4. The van der Waals surface area contributed by atoms with Crippen molar-refractivity contribution >= 4 is 28.7 Å². The van der Waals surface area contributed by atoms with Gasteiger partial charge in [-0.1, -0.05) is 82.0 Å². The van der Waals surface area contributed by atoms with E-state index >= 15 is 0 Å². The maximum Gasteiger partial charge on any atom is 0.373 e. The van der Waals surface area contributed by atoms with E-state index in [4.69, 9.17) is 9.59 Å². The van der Waals surface area contributed by atoms with Gasteiger partial charge in [-0.2, -0.15) is 9.59 Å². The van der Waals surface area contributed by atoms with Crippen LogP contribution in [0.1, 0.15) is 59.4 Å². The van der Waals surface area contributed by atoms with Gasteiger partial charge < -0.3 is 5.48 Å². The largest absolute Gasteiger partial charge is 0.412 e. The van der Waals surface area contributed by atoms with E-state index in [1.807, 2.05) is 4.93 Å². The van der Waals surface area contributed by atoms with Gasteiger partial charge in [-0.15, -0.1) is 0 Å². The first-order chi connectivity index (χ1) is 2.41. The Labute approximate surface area is 122 Å². The van der Waals surface area contributed by atoms with E-state index in [0.717, 1.165) is 0 Å². The molecule has 3 nitrogen and oxygen atoms in total. The van der Waals surface area contributed by atoms with Gasteiger partial charge >= 0.3 is 6.15 Å². The Kier molecular flexibility index (Phi) is 144000. The highest BCUT2D eigenvalue weighted by Gasteiger charge is 1.13. The van der Waals surface area contributed by atoms with Crippen LogP contribution < -0.4 is 0 Å². The molecule has 0 saturated heterocycles. The zero-order valence-electron chi connectivity index (χ0n) is 4.42. The maximum absolute atomic E-state index is 8.12. The van der Waals surface area contributed by atoms with Crippen molar-refractivity contribution < 1.29 is 29.2 Å². The van der Waals surface area contributed by atoms with Gasteiger partial charge in [-0.3, -0.25) is 14.1 Å². The zero-order valence-corrected chi connectivity index (χ0v) is 6.58. The summed E-state index contributed by atoms with van der Waals surface area (Å²) in [5.41, 5.74) is 0. The molecule has 0 bridgehead atoms. The predicted octanol–water partition coefficient (Wildman–Crippen LogP) is 5.19. The average Bonchev–Trinajstić information content (AvgIpc) is 1.46. The Balaban J connectivity index is -0.000000000524. The Morgan fingerprint density at radius 2 is 0.588 bits per heavy atom. The Morgan fingerprint density at radius 1 is 0.588 bits per heavy atom. The van der Waals surface area contributed by atoms with Crippen LogP contribution in [-0.2, 0) is 9.59 Å². The molecule has 0 rings (SSSR count). The van der Waals surface area contributed by atoms with Gasteiger partial charge in [0.15, 0.2) is 0 Å². The fourth-order valence-electron chi connectivity index (χ4n) is 0. The van der Waals surface area contributed by atoms with Crippen molar-refractivity contribution in [2.45, 2.75) is 59.4 Å². The van der Waals surface area contributed by atoms with Gasteiger partial charge in [0, 0.05) is 0 Å². The lowest BCUT2D eigenvalue weighted by Gasteiger charge is -1.05. The van der Waals surface area contributed by atoms with Crippen molar-refractivity contribution in [1.82, 2.24) is 0 Å². The smallest absolute Gasteiger partial charge is 0.373 e. The molecule has 126 valence electrons. The molecule has 0 heterocycles. The lowest BCUT2D eigenvalue weighted by Crippen LogP contribution is -1.22. The fraction of sp³-hybridized carbons (Fsp3) is 0.900.